The van der Waals surface area contributed by atoms with Gasteiger partial charge < -0.3 is 30.3 Å². The number of aliphatic hydroxyl groups excluding tert-OH is 1. The lowest BCUT2D eigenvalue weighted by Crippen LogP contribution is -2.23. The van der Waals surface area contributed by atoms with Crippen molar-refractivity contribution in [3.63, 3.8) is 0 Å². The summed E-state index contributed by atoms with van der Waals surface area (Å²) in [5.41, 5.74) is 5.67. The third kappa shape index (κ3) is 4.67. The molecule has 3 N–H and O–H groups in total. The molecular weight excluding hydrogens is 416 g/mol. The summed E-state index contributed by atoms with van der Waals surface area (Å²) in [6.07, 6.45) is 2.49. The van der Waals surface area contributed by atoms with E-state index in [9.17, 15) is 10.0 Å². The standard InChI is InChI=1S/C19H17ClN4O6/c1-28-12-2-3-13(20)14(10-12)30-16-15(17(21)26)22-18(23-19(16)29-9-8-25)11-4-6-24(27)7-5-11/h2-7,10,25H,8-9H2,1H3,(H2,21,26). The van der Waals surface area contributed by atoms with E-state index in [-0.39, 0.29) is 47.1 Å². The van der Waals surface area contributed by atoms with Crippen LogP contribution in [0.5, 0.6) is 23.1 Å². The predicted molar refractivity (Wildman–Crippen MR) is 106 cm³/mol. The Labute approximate surface area is 176 Å². The Hall–Kier alpha value is -3.63. The number of hydrogen-bond donors (Lipinski definition) is 2. The lowest BCUT2D eigenvalue weighted by Gasteiger charge is -2.16. The number of amides is 1. The number of aliphatic hydroxyl groups is 1. The number of methoxy groups -OCH3 is 1. The molecule has 0 aliphatic heterocycles. The van der Waals surface area contributed by atoms with Gasteiger partial charge >= 0.3 is 0 Å². The summed E-state index contributed by atoms with van der Waals surface area (Å²) in [4.78, 5) is 20.5. The molecule has 11 heteroatoms. The van der Waals surface area contributed by atoms with Gasteiger partial charge in [-0.2, -0.15) is 9.71 Å². The molecule has 156 valence electrons. The van der Waals surface area contributed by atoms with E-state index < -0.39 is 5.91 Å². The van der Waals surface area contributed by atoms with Crippen LogP contribution in [0, 0.1) is 5.21 Å². The highest BCUT2D eigenvalue weighted by molar-refractivity contribution is 6.32. The topological polar surface area (TPSA) is 144 Å². The molecule has 0 saturated heterocycles. The Morgan fingerprint density at radius 3 is 2.63 bits per heavy atom. The Morgan fingerprint density at radius 1 is 1.27 bits per heavy atom. The maximum Gasteiger partial charge on any atom is 0.271 e. The summed E-state index contributed by atoms with van der Waals surface area (Å²) >= 11 is 6.18. The first-order valence-electron chi connectivity index (χ1n) is 8.59. The molecule has 2 heterocycles. The zero-order valence-corrected chi connectivity index (χ0v) is 16.5. The minimum absolute atomic E-state index is 0.0708. The number of halogens is 1. The van der Waals surface area contributed by atoms with Crippen molar-refractivity contribution in [2.45, 2.75) is 0 Å². The van der Waals surface area contributed by atoms with E-state index >= 15 is 0 Å². The van der Waals surface area contributed by atoms with Crippen LogP contribution in [-0.4, -0.2) is 41.3 Å². The molecule has 2 aromatic heterocycles. The molecule has 0 unspecified atom stereocenters. The molecule has 0 bridgehead atoms. The molecule has 10 nitrogen and oxygen atoms in total. The second kappa shape index (κ2) is 9.25. The summed E-state index contributed by atoms with van der Waals surface area (Å²) in [5, 5.41) is 20.7. The smallest absolute Gasteiger partial charge is 0.271 e. The van der Waals surface area contributed by atoms with E-state index in [1.165, 1.54) is 37.7 Å². The maximum absolute atomic E-state index is 12.1. The predicted octanol–water partition coefficient (Wildman–Crippen LogP) is 1.70. The van der Waals surface area contributed by atoms with E-state index in [0.717, 1.165) is 0 Å². The highest BCUT2D eigenvalue weighted by Gasteiger charge is 2.24. The van der Waals surface area contributed by atoms with Crippen LogP contribution in [0.4, 0.5) is 0 Å². The molecule has 0 spiro atoms. The van der Waals surface area contributed by atoms with Crippen molar-refractivity contribution in [3.05, 3.63) is 58.6 Å². The number of primary amides is 1. The average Bonchev–Trinajstić information content (AvgIpc) is 2.74. The van der Waals surface area contributed by atoms with Crippen molar-refractivity contribution in [3.8, 4) is 34.5 Å². The molecule has 30 heavy (non-hydrogen) atoms. The summed E-state index contributed by atoms with van der Waals surface area (Å²) in [7, 11) is 1.47. The summed E-state index contributed by atoms with van der Waals surface area (Å²) in [5.74, 6) is -0.542. The largest absolute Gasteiger partial charge is 0.619 e. The van der Waals surface area contributed by atoms with Gasteiger partial charge in [-0.15, -0.1) is 0 Å². The normalized spacial score (nSPS) is 10.5. The molecule has 1 amide bonds. The lowest BCUT2D eigenvalue weighted by atomic mass is 10.2. The Balaban J connectivity index is 2.14. The SMILES string of the molecule is COc1ccc(Cl)c(Oc2c(OCCO)nc(-c3cc[n+]([O-])cc3)nc2C(N)=O)c1. The van der Waals surface area contributed by atoms with E-state index in [4.69, 9.17) is 36.7 Å². The van der Waals surface area contributed by atoms with Gasteiger partial charge in [0.2, 0.25) is 5.75 Å². The minimum Gasteiger partial charge on any atom is -0.619 e. The van der Waals surface area contributed by atoms with E-state index in [1.807, 2.05) is 0 Å². The van der Waals surface area contributed by atoms with Crippen molar-refractivity contribution >= 4 is 17.5 Å². The summed E-state index contributed by atoms with van der Waals surface area (Å²) in [6.45, 7) is -0.446. The Kier molecular flexibility index (Phi) is 6.50. The van der Waals surface area contributed by atoms with Crippen molar-refractivity contribution in [2.24, 2.45) is 5.73 Å². The fourth-order valence-electron chi connectivity index (χ4n) is 2.42. The quantitative estimate of drug-likeness (QED) is 0.404. The van der Waals surface area contributed by atoms with Crippen LogP contribution in [0.25, 0.3) is 11.4 Å². The van der Waals surface area contributed by atoms with Crippen LogP contribution in [0.1, 0.15) is 10.5 Å². The van der Waals surface area contributed by atoms with Gasteiger partial charge in [0, 0.05) is 23.8 Å². The molecule has 0 aliphatic carbocycles. The average molecular weight is 433 g/mol. The molecule has 1 aromatic carbocycles. The fourth-order valence-corrected chi connectivity index (χ4v) is 2.57. The van der Waals surface area contributed by atoms with Gasteiger partial charge in [-0.05, 0) is 12.1 Å². The fraction of sp³-hybridized carbons (Fsp3) is 0.158. The van der Waals surface area contributed by atoms with Gasteiger partial charge in [-0.25, -0.2) is 4.98 Å². The van der Waals surface area contributed by atoms with E-state index in [2.05, 4.69) is 9.97 Å². The minimum atomic E-state index is -0.906. The van der Waals surface area contributed by atoms with Crippen LogP contribution in [0.3, 0.4) is 0 Å². The number of nitrogens with zero attached hydrogens (tertiary/aromatic N) is 3. The van der Waals surface area contributed by atoms with Gasteiger partial charge in [-0.3, -0.25) is 4.79 Å². The third-order valence-corrected chi connectivity index (χ3v) is 4.12. The number of pyridine rings is 1. The van der Waals surface area contributed by atoms with E-state index in [0.29, 0.717) is 16.0 Å². The summed E-state index contributed by atoms with van der Waals surface area (Å²) in [6, 6.07) is 7.60. The number of benzene rings is 1. The van der Waals surface area contributed by atoms with Gasteiger partial charge in [0.05, 0.1) is 18.7 Å². The molecule has 0 atom stereocenters. The van der Waals surface area contributed by atoms with E-state index in [1.54, 1.807) is 12.1 Å². The maximum atomic E-state index is 12.1. The van der Waals surface area contributed by atoms with Crippen molar-refractivity contribution in [1.29, 1.82) is 0 Å². The molecule has 0 radical (unpaired) electrons. The Bertz CT molecular complexity index is 1060. The van der Waals surface area contributed by atoms with Crippen molar-refractivity contribution in [1.82, 2.24) is 9.97 Å². The van der Waals surface area contributed by atoms with Crippen LogP contribution in [0.15, 0.2) is 42.7 Å². The number of hydrogen-bond acceptors (Lipinski definition) is 8. The number of carbonyl (C=O) groups is 1. The molecule has 0 fully saturated rings. The van der Waals surface area contributed by atoms with Crippen molar-refractivity contribution in [2.75, 3.05) is 20.3 Å². The van der Waals surface area contributed by atoms with Crippen LogP contribution < -0.4 is 24.7 Å². The molecule has 0 saturated carbocycles. The van der Waals surface area contributed by atoms with Gasteiger partial charge in [0.25, 0.3) is 11.8 Å². The summed E-state index contributed by atoms with van der Waals surface area (Å²) < 4.78 is 17.0. The monoisotopic (exact) mass is 432 g/mol. The molecule has 0 aliphatic rings. The van der Waals surface area contributed by atoms with Crippen molar-refractivity contribution < 1.29 is 28.8 Å². The first-order valence-corrected chi connectivity index (χ1v) is 8.96. The molecular formula is C19H17ClN4O6. The highest BCUT2D eigenvalue weighted by Crippen LogP contribution is 2.38. The van der Waals surface area contributed by atoms with Gasteiger partial charge in [0.15, 0.2) is 23.9 Å². The highest BCUT2D eigenvalue weighted by atomic mass is 35.5. The molecule has 3 rings (SSSR count). The molecule has 3 aromatic rings. The van der Waals surface area contributed by atoms with Gasteiger partial charge in [0.1, 0.15) is 18.1 Å². The number of nitrogens with two attached hydrogens (primary N) is 1. The lowest BCUT2D eigenvalue weighted by molar-refractivity contribution is -0.605. The number of aromatic nitrogens is 3. The third-order valence-electron chi connectivity index (χ3n) is 3.81. The van der Waals surface area contributed by atoms with Gasteiger partial charge in [-0.1, -0.05) is 11.6 Å². The number of rotatable bonds is 8. The number of carbonyl (C=O) groups excluding carboxylic acids is 1. The van der Waals surface area contributed by atoms with Crippen LogP contribution >= 0.6 is 11.6 Å². The first kappa shape index (κ1) is 21.1. The van der Waals surface area contributed by atoms with Crippen LogP contribution in [0.2, 0.25) is 5.02 Å². The second-order valence-corrected chi connectivity index (χ2v) is 6.22. The second-order valence-electron chi connectivity index (χ2n) is 5.81. The zero-order valence-electron chi connectivity index (χ0n) is 15.7. The Morgan fingerprint density at radius 2 is 2.00 bits per heavy atom. The number of ether oxygens (including phenoxy) is 3. The first-order chi connectivity index (χ1) is 14.4. The van der Waals surface area contributed by atoms with Crippen LogP contribution in [-0.2, 0) is 0 Å². The zero-order chi connectivity index (χ0) is 21.7.